The van der Waals surface area contributed by atoms with E-state index in [-0.39, 0.29) is 5.91 Å². The average Bonchev–Trinajstić information content (AvgIpc) is 2.47. The van der Waals surface area contributed by atoms with E-state index in [9.17, 15) is 9.59 Å². The number of rotatable bonds is 5. The van der Waals surface area contributed by atoms with Gasteiger partial charge in [-0.25, -0.2) is 0 Å². The summed E-state index contributed by atoms with van der Waals surface area (Å²) in [6.45, 7) is 2.98. The first-order valence-electron chi connectivity index (χ1n) is 7.43. The molecule has 1 aromatic carbocycles. The summed E-state index contributed by atoms with van der Waals surface area (Å²) in [5, 5.41) is 2.94. The van der Waals surface area contributed by atoms with Crippen LogP contribution in [0.25, 0.3) is 0 Å². The van der Waals surface area contributed by atoms with Crippen molar-refractivity contribution in [3.05, 3.63) is 35.4 Å². The highest BCUT2D eigenvalue weighted by atomic mass is 16.2. The molecule has 1 saturated heterocycles. The first-order chi connectivity index (χ1) is 10.1. The summed E-state index contributed by atoms with van der Waals surface area (Å²) in [7, 11) is 2.14. The van der Waals surface area contributed by atoms with E-state index in [0.29, 0.717) is 23.6 Å². The Hall–Kier alpha value is -1.88. The Morgan fingerprint density at radius 1 is 1.29 bits per heavy atom. The van der Waals surface area contributed by atoms with Crippen molar-refractivity contribution in [1.82, 2.24) is 10.2 Å². The van der Waals surface area contributed by atoms with Crippen LogP contribution >= 0.6 is 0 Å². The van der Waals surface area contributed by atoms with Crippen molar-refractivity contribution in [3.8, 4) is 0 Å². The van der Waals surface area contributed by atoms with Gasteiger partial charge in [-0.05, 0) is 63.0 Å². The van der Waals surface area contributed by atoms with Crippen LogP contribution in [-0.2, 0) is 0 Å². The van der Waals surface area contributed by atoms with Crippen molar-refractivity contribution in [2.24, 2.45) is 11.7 Å². The van der Waals surface area contributed by atoms with E-state index in [0.717, 1.165) is 13.0 Å². The van der Waals surface area contributed by atoms with Crippen LogP contribution in [0.5, 0.6) is 0 Å². The van der Waals surface area contributed by atoms with Gasteiger partial charge in [0.25, 0.3) is 5.91 Å². The van der Waals surface area contributed by atoms with Gasteiger partial charge in [0.2, 0.25) is 5.91 Å². The molecule has 21 heavy (non-hydrogen) atoms. The highest BCUT2D eigenvalue weighted by molar-refractivity contribution is 5.97. The number of carbonyl (C=O) groups is 2. The molecule has 0 saturated carbocycles. The third-order valence-electron chi connectivity index (χ3n) is 3.99. The zero-order chi connectivity index (χ0) is 15.2. The van der Waals surface area contributed by atoms with Crippen LogP contribution in [0.2, 0.25) is 0 Å². The van der Waals surface area contributed by atoms with Crippen molar-refractivity contribution < 1.29 is 9.59 Å². The van der Waals surface area contributed by atoms with Crippen molar-refractivity contribution >= 4 is 11.8 Å². The second-order valence-electron chi connectivity index (χ2n) is 5.76. The Morgan fingerprint density at radius 3 is 2.57 bits per heavy atom. The number of hydrogen-bond donors (Lipinski definition) is 2. The summed E-state index contributed by atoms with van der Waals surface area (Å²) in [5.41, 5.74) is 6.14. The lowest BCUT2D eigenvalue weighted by atomic mass is 9.95. The molecule has 0 bridgehead atoms. The minimum Gasteiger partial charge on any atom is -0.366 e. The number of piperidine rings is 1. The van der Waals surface area contributed by atoms with Gasteiger partial charge < -0.3 is 16.0 Å². The minimum absolute atomic E-state index is 0.102. The second-order valence-corrected chi connectivity index (χ2v) is 5.76. The van der Waals surface area contributed by atoms with Crippen LogP contribution in [0.15, 0.2) is 24.3 Å². The summed E-state index contributed by atoms with van der Waals surface area (Å²) >= 11 is 0. The number of hydrogen-bond acceptors (Lipinski definition) is 3. The summed E-state index contributed by atoms with van der Waals surface area (Å²) in [6.07, 6.45) is 3.49. The lowest BCUT2D eigenvalue weighted by Crippen LogP contribution is -2.34. The predicted octanol–water partition coefficient (Wildman–Crippen LogP) is 1.25. The largest absolute Gasteiger partial charge is 0.366 e. The maximum atomic E-state index is 12.0. The average molecular weight is 289 g/mol. The van der Waals surface area contributed by atoms with Gasteiger partial charge in [-0.2, -0.15) is 0 Å². The molecule has 0 aromatic heterocycles. The van der Waals surface area contributed by atoms with Gasteiger partial charge in [-0.3, -0.25) is 9.59 Å². The number of nitrogens with one attached hydrogen (secondary N) is 1. The van der Waals surface area contributed by atoms with Gasteiger partial charge in [0.05, 0.1) is 0 Å². The van der Waals surface area contributed by atoms with Crippen LogP contribution < -0.4 is 11.1 Å². The van der Waals surface area contributed by atoms with Crippen LogP contribution in [0.4, 0.5) is 0 Å². The molecular formula is C16H23N3O2. The first kappa shape index (κ1) is 15.5. The second kappa shape index (κ2) is 7.22. The Labute approximate surface area is 125 Å². The molecule has 0 radical (unpaired) electrons. The van der Waals surface area contributed by atoms with Gasteiger partial charge in [0.1, 0.15) is 0 Å². The van der Waals surface area contributed by atoms with E-state index in [4.69, 9.17) is 5.73 Å². The molecule has 0 spiro atoms. The predicted molar refractivity (Wildman–Crippen MR) is 82.1 cm³/mol. The topological polar surface area (TPSA) is 75.4 Å². The Morgan fingerprint density at radius 2 is 1.95 bits per heavy atom. The fourth-order valence-electron chi connectivity index (χ4n) is 2.79. The molecule has 1 unspecified atom stereocenters. The Kier molecular flexibility index (Phi) is 5.33. The maximum Gasteiger partial charge on any atom is 0.251 e. The van der Waals surface area contributed by atoms with Crippen LogP contribution in [0.1, 0.15) is 40.0 Å². The highest BCUT2D eigenvalue weighted by Gasteiger charge is 2.17. The lowest BCUT2D eigenvalue weighted by molar-refractivity contribution is 0.0945. The Bertz CT molecular complexity index is 499. The summed E-state index contributed by atoms with van der Waals surface area (Å²) in [5.74, 6) is 0.0832. The van der Waals surface area contributed by atoms with Crippen molar-refractivity contribution in [2.75, 3.05) is 26.7 Å². The van der Waals surface area contributed by atoms with Crippen molar-refractivity contribution in [2.45, 2.75) is 19.3 Å². The molecular weight excluding hydrogens is 266 g/mol. The summed E-state index contributed by atoms with van der Waals surface area (Å²) in [4.78, 5) is 25.3. The zero-order valence-corrected chi connectivity index (χ0v) is 12.5. The Balaban J connectivity index is 1.77. The van der Waals surface area contributed by atoms with Gasteiger partial charge in [0, 0.05) is 24.2 Å². The van der Waals surface area contributed by atoms with Crippen LogP contribution in [-0.4, -0.2) is 43.4 Å². The van der Waals surface area contributed by atoms with E-state index in [1.807, 2.05) is 0 Å². The first-order valence-corrected chi connectivity index (χ1v) is 7.43. The molecule has 1 heterocycles. The summed E-state index contributed by atoms with van der Waals surface area (Å²) < 4.78 is 0. The molecule has 1 aliphatic rings. The lowest BCUT2D eigenvalue weighted by Gasteiger charge is -2.29. The maximum absolute atomic E-state index is 12.0. The molecule has 0 aliphatic carbocycles. The third-order valence-corrected chi connectivity index (χ3v) is 3.99. The number of benzene rings is 1. The fourth-order valence-corrected chi connectivity index (χ4v) is 2.79. The molecule has 1 fully saturated rings. The molecule has 3 N–H and O–H groups in total. The molecule has 2 amide bonds. The number of amides is 2. The highest BCUT2D eigenvalue weighted by Crippen LogP contribution is 2.17. The number of nitrogens with zero attached hydrogens (tertiary/aromatic N) is 1. The van der Waals surface area contributed by atoms with E-state index < -0.39 is 5.91 Å². The number of nitrogens with two attached hydrogens (primary N) is 1. The normalized spacial score (nSPS) is 19.2. The smallest absolute Gasteiger partial charge is 0.251 e. The zero-order valence-electron chi connectivity index (χ0n) is 12.5. The fraction of sp³-hybridized carbons (Fsp3) is 0.500. The molecule has 1 atom stereocenters. The van der Waals surface area contributed by atoms with Crippen LogP contribution in [0.3, 0.4) is 0 Å². The van der Waals surface area contributed by atoms with Gasteiger partial charge in [-0.15, -0.1) is 0 Å². The quantitative estimate of drug-likeness (QED) is 0.856. The van der Waals surface area contributed by atoms with Crippen molar-refractivity contribution in [1.29, 1.82) is 0 Å². The number of likely N-dealkylation sites (tertiary alicyclic amines) is 1. The number of carbonyl (C=O) groups excluding carboxylic acids is 2. The van der Waals surface area contributed by atoms with Gasteiger partial charge in [-0.1, -0.05) is 0 Å². The van der Waals surface area contributed by atoms with Crippen molar-refractivity contribution in [3.63, 3.8) is 0 Å². The number of primary amides is 1. The van der Waals surface area contributed by atoms with E-state index in [1.165, 1.54) is 19.4 Å². The monoisotopic (exact) mass is 289 g/mol. The standard InChI is InChI=1S/C16H23N3O2/c1-19-10-2-3-12(11-19)8-9-18-16(21)14-6-4-13(5-7-14)15(17)20/h4-7,12H,2-3,8-11H2,1H3,(H2,17,20)(H,18,21). The summed E-state index contributed by atoms with van der Waals surface area (Å²) in [6, 6.07) is 6.41. The van der Waals surface area contributed by atoms with Gasteiger partial charge >= 0.3 is 0 Å². The molecule has 5 nitrogen and oxygen atoms in total. The molecule has 114 valence electrons. The molecule has 2 rings (SSSR count). The third kappa shape index (κ3) is 4.56. The van der Waals surface area contributed by atoms with E-state index in [2.05, 4.69) is 17.3 Å². The minimum atomic E-state index is -0.483. The van der Waals surface area contributed by atoms with Crippen LogP contribution in [0, 0.1) is 5.92 Å². The van der Waals surface area contributed by atoms with E-state index >= 15 is 0 Å². The molecule has 1 aliphatic heterocycles. The van der Waals surface area contributed by atoms with Gasteiger partial charge in [0.15, 0.2) is 0 Å². The molecule has 5 heteroatoms. The molecule has 1 aromatic rings. The SMILES string of the molecule is CN1CCCC(CCNC(=O)c2ccc(C(N)=O)cc2)C1. The van der Waals surface area contributed by atoms with E-state index in [1.54, 1.807) is 24.3 Å².